The van der Waals surface area contributed by atoms with Crippen LogP contribution in [0.25, 0.3) is 0 Å². The summed E-state index contributed by atoms with van der Waals surface area (Å²) in [4.78, 5) is 0. The van der Waals surface area contributed by atoms with E-state index in [0.717, 1.165) is 118 Å². The second-order valence-corrected chi connectivity index (χ2v) is 17.7. The van der Waals surface area contributed by atoms with Crippen molar-refractivity contribution in [2.24, 2.45) is 118 Å². The van der Waals surface area contributed by atoms with Crippen molar-refractivity contribution in [3.05, 3.63) is 85.1 Å². The van der Waals surface area contributed by atoms with Gasteiger partial charge in [0.05, 0.1) is 0 Å². The third kappa shape index (κ3) is 3.75. The van der Waals surface area contributed by atoms with Crippen LogP contribution in [0.1, 0.15) is 65.2 Å². The first-order chi connectivity index (χ1) is 21.7. The van der Waals surface area contributed by atoms with Gasteiger partial charge in [0.25, 0.3) is 0 Å². The number of rotatable bonds is 6. The highest BCUT2D eigenvalue weighted by Gasteiger charge is 2.65. The highest BCUT2D eigenvalue weighted by atomic mass is 14.7. The van der Waals surface area contributed by atoms with Crippen LogP contribution in [-0.4, -0.2) is 0 Å². The third-order valence-corrected chi connectivity index (χ3v) is 16.6. The fourth-order valence-electron chi connectivity index (χ4n) is 15.6. The normalized spacial score (nSPS) is 58.7. The molecule has 0 N–H and O–H groups in total. The number of hydrogen-bond donors (Lipinski definition) is 0. The molecule has 4 bridgehead atoms. The van der Waals surface area contributed by atoms with Gasteiger partial charge >= 0.3 is 0 Å². The molecule has 0 aromatic carbocycles. The van der Waals surface area contributed by atoms with Crippen molar-refractivity contribution in [2.45, 2.75) is 65.2 Å². The van der Waals surface area contributed by atoms with Crippen molar-refractivity contribution in [3.63, 3.8) is 0 Å². The fraction of sp³-hybridized carbons (Fsp3) is 0.682. The molecule has 10 aliphatic rings. The average Bonchev–Trinajstić information content (AvgIpc) is 3.83. The van der Waals surface area contributed by atoms with Crippen LogP contribution in [0.4, 0.5) is 0 Å². The molecule has 0 nitrogen and oxygen atoms in total. The summed E-state index contributed by atoms with van der Waals surface area (Å²) in [6, 6.07) is 0. The van der Waals surface area contributed by atoms with Crippen LogP contribution >= 0.6 is 0 Å². The van der Waals surface area contributed by atoms with Crippen molar-refractivity contribution < 1.29 is 0 Å². The van der Waals surface area contributed by atoms with E-state index < -0.39 is 0 Å². The Morgan fingerprint density at radius 3 is 1.32 bits per heavy atom. The van der Waals surface area contributed by atoms with Gasteiger partial charge in [-0.3, -0.25) is 0 Å². The van der Waals surface area contributed by atoms with Crippen LogP contribution in [0.2, 0.25) is 0 Å². The Kier molecular flexibility index (Phi) is 6.42. The zero-order valence-electron chi connectivity index (χ0n) is 27.3. The molecule has 232 valence electrons. The molecule has 44 heavy (non-hydrogen) atoms. The first-order valence-corrected chi connectivity index (χ1v) is 19.4. The quantitative estimate of drug-likeness (QED) is 0.272. The monoisotopic (exact) mass is 584 g/mol. The van der Waals surface area contributed by atoms with E-state index in [-0.39, 0.29) is 0 Å². The number of fused-ring (bicyclic) bond motifs is 17. The maximum absolute atomic E-state index is 2.88. The fourth-order valence-corrected chi connectivity index (χ4v) is 15.6. The molecule has 7 fully saturated rings. The third-order valence-electron chi connectivity index (χ3n) is 16.6. The molecule has 7 saturated carbocycles. The maximum atomic E-state index is 2.88. The van der Waals surface area contributed by atoms with Gasteiger partial charge in [0, 0.05) is 0 Å². The molecule has 20 atom stereocenters. The van der Waals surface area contributed by atoms with E-state index in [1.54, 1.807) is 12.8 Å². The second-order valence-electron chi connectivity index (χ2n) is 17.7. The number of allylic oxidation sites excluding steroid dienone is 14. The van der Waals surface area contributed by atoms with Crippen LogP contribution in [0.5, 0.6) is 0 Å². The first kappa shape index (κ1) is 27.3. The lowest BCUT2D eigenvalue weighted by atomic mass is 9.66. The molecule has 0 amide bonds. The molecule has 0 radical (unpaired) electrons. The van der Waals surface area contributed by atoms with Gasteiger partial charge in [-0.15, -0.1) is 0 Å². The zero-order chi connectivity index (χ0) is 29.1. The van der Waals surface area contributed by atoms with Crippen molar-refractivity contribution in [3.8, 4) is 0 Å². The molecule has 0 heteroatoms. The zero-order valence-corrected chi connectivity index (χ0v) is 27.3. The van der Waals surface area contributed by atoms with Crippen molar-refractivity contribution in [1.82, 2.24) is 0 Å². The molecular weight excluding hydrogens is 528 g/mol. The van der Waals surface area contributed by atoms with Crippen LogP contribution in [0.3, 0.4) is 0 Å². The van der Waals surface area contributed by atoms with Crippen LogP contribution in [0.15, 0.2) is 85.1 Å². The van der Waals surface area contributed by atoms with Gasteiger partial charge in [-0.1, -0.05) is 85.1 Å². The molecule has 0 saturated heterocycles. The molecule has 20 unspecified atom stereocenters. The maximum Gasteiger partial charge on any atom is -0.0133 e. The standard InChI is InChI=1S/C44H56/c1-3-8-25-20-26(32-11-5-10-31(25)32)16-17-28-22-30(44-40-24-39(43(28)44)35-14-7-15-36(35)40)19-18-29-21-27(9-4-2)41-37-23-38(42(29)41)34-13-6-12-33(34)37/h3-9,11-12,14,16-19,25-44H,10,13,15,20-24H2,1-2H3/b8-3?,9-4?,17-16+,19-18+. The molecule has 10 aliphatic carbocycles. The lowest BCUT2D eigenvalue weighted by Crippen LogP contribution is -2.34. The van der Waals surface area contributed by atoms with E-state index in [0.29, 0.717) is 0 Å². The summed E-state index contributed by atoms with van der Waals surface area (Å²) >= 11 is 0. The SMILES string of the molecule is CC=CC1CC(/C=C/C2CC(/C=C/C3CC(C=CC)C4C5CC(C6CC=CC65)C34)C3C4CC(C5C=CCC54)C23)C2C=CCC12. The average molecular weight is 585 g/mol. The molecule has 0 aromatic heterocycles. The van der Waals surface area contributed by atoms with Gasteiger partial charge in [0.2, 0.25) is 0 Å². The van der Waals surface area contributed by atoms with E-state index in [1.807, 2.05) is 0 Å². The lowest BCUT2D eigenvalue weighted by molar-refractivity contribution is 0.124. The Labute approximate surface area is 268 Å². The Morgan fingerprint density at radius 1 is 0.364 bits per heavy atom. The molecule has 0 heterocycles. The first-order valence-electron chi connectivity index (χ1n) is 19.4. The van der Waals surface area contributed by atoms with E-state index in [4.69, 9.17) is 0 Å². The number of hydrogen-bond acceptors (Lipinski definition) is 0. The minimum absolute atomic E-state index is 0.761. The summed E-state index contributed by atoms with van der Waals surface area (Å²) in [5, 5.41) is 0. The largest absolute Gasteiger partial charge is 0.0914 e. The molecule has 10 rings (SSSR count). The topological polar surface area (TPSA) is 0 Å². The lowest BCUT2D eigenvalue weighted by Gasteiger charge is -2.38. The van der Waals surface area contributed by atoms with E-state index >= 15 is 0 Å². The summed E-state index contributed by atoms with van der Waals surface area (Å²) in [5.41, 5.74) is 0. The summed E-state index contributed by atoms with van der Waals surface area (Å²) in [6.45, 7) is 4.49. The van der Waals surface area contributed by atoms with E-state index in [2.05, 4.69) is 98.9 Å². The smallest absolute Gasteiger partial charge is 0.0133 e. The summed E-state index contributed by atoms with van der Waals surface area (Å²) in [6.07, 6.45) is 48.1. The highest BCUT2D eigenvalue weighted by Crippen LogP contribution is 2.71. The van der Waals surface area contributed by atoms with Crippen LogP contribution in [-0.2, 0) is 0 Å². The summed E-state index contributed by atoms with van der Waals surface area (Å²) in [7, 11) is 0. The van der Waals surface area contributed by atoms with Crippen LogP contribution in [0, 0.1) is 118 Å². The summed E-state index contributed by atoms with van der Waals surface area (Å²) in [5.74, 6) is 18.1. The van der Waals surface area contributed by atoms with E-state index in [1.165, 1.54) is 38.5 Å². The predicted octanol–water partition coefficient (Wildman–Crippen LogP) is 10.5. The molecule has 0 aromatic rings. The minimum atomic E-state index is 0.761. The summed E-state index contributed by atoms with van der Waals surface area (Å²) < 4.78 is 0. The van der Waals surface area contributed by atoms with Gasteiger partial charge in [-0.05, 0) is 184 Å². The van der Waals surface area contributed by atoms with Crippen molar-refractivity contribution >= 4 is 0 Å². The van der Waals surface area contributed by atoms with Gasteiger partial charge in [-0.2, -0.15) is 0 Å². The van der Waals surface area contributed by atoms with E-state index in [9.17, 15) is 0 Å². The van der Waals surface area contributed by atoms with Gasteiger partial charge < -0.3 is 0 Å². The van der Waals surface area contributed by atoms with Crippen LogP contribution < -0.4 is 0 Å². The highest BCUT2D eigenvalue weighted by molar-refractivity contribution is 5.26. The second kappa shape index (κ2) is 10.3. The van der Waals surface area contributed by atoms with Gasteiger partial charge in [0.15, 0.2) is 0 Å². The Balaban J connectivity index is 0.921. The molecule has 0 spiro atoms. The van der Waals surface area contributed by atoms with Gasteiger partial charge in [0.1, 0.15) is 0 Å². The Bertz CT molecular complexity index is 1350. The predicted molar refractivity (Wildman–Crippen MR) is 182 cm³/mol. The Morgan fingerprint density at radius 2 is 0.773 bits per heavy atom. The molecular formula is C44H56. The minimum Gasteiger partial charge on any atom is -0.0914 e. The van der Waals surface area contributed by atoms with Crippen molar-refractivity contribution in [2.75, 3.05) is 0 Å². The molecule has 0 aliphatic heterocycles. The Hall–Kier alpha value is -1.82. The van der Waals surface area contributed by atoms with Gasteiger partial charge in [-0.25, -0.2) is 0 Å². The van der Waals surface area contributed by atoms with Crippen molar-refractivity contribution in [1.29, 1.82) is 0 Å².